The normalized spacial score (nSPS) is 13.3. The van der Waals surface area contributed by atoms with E-state index in [9.17, 15) is 0 Å². The van der Waals surface area contributed by atoms with E-state index >= 15 is 0 Å². The summed E-state index contributed by atoms with van der Waals surface area (Å²) < 4.78 is 15.6. The van der Waals surface area contributed by atoms with Crippen molar-refractivity contribution >= 4 is 75.4 Å². The van der Waals surface area contributed by atoms with E-state index in [1.165, 1.54) is 64.9 Å². The lowest BCUT2D eigenvalue weighted by Crippen LogP contribution is -2.26. The highest BCUT2D eigenvalue weighted by Crippen LogP contribution is 2.64. The maximum Gasteiger partial charge on any atom is 0.164 e. The molecule has 1 spiro atoms. The third-order valence-electron chi connectivity index (χ3n) is 15.0. The first-order valence-corrected chi connectivity index (χ1v) is 24.5. The average molecular weight is 910 g/mol. The van der Waals surface area contributed by atoms with E-state index in [2.05, 4.69) is 176 Å². The first-order valence-electron chi connectivity index (χ1n) is 23.7. The molecular formula is C64H35N3O2S. The number of fused-ring (bicyclic) bond motifs is 19. The lowest BCUT2D eigenvalue weighted by molar-refractivity contribution is 0.668. The molecule has 0 fully saturated rings. The summed E-state index contributed by atoms with van der Waals surface area (Å²) in [7, 11) is 0. The molecule has 4 heterocycles. The van der Waals surface area contributed by atoms with Crippen molar-refractivity contribution in [2.45, 2.75) is 5.41 Å². The molecule has 0 saturated carbocycles. The molecule has 70 heavy (non-hydrogen) atoms. The minimum atomic E-state index is -0.494. The molecule has 10 aromatic carbocycles. The van der Waals surface area contributed by atoms with E-state index in [4.69, 9.17) is 23.8 Å². The van der Waals surface area contributed by atoms with Crippen LogP contribution >= 0.6 is 11.3 Å². The van der Waals surface area contributed by atoms with Gasteiger partial charge in [0.2, 0.25) is 0 Å². The minimum absolute atomic E-state index is 0.494. The zero-order valence-electron chi connectivity index (χ0n) is 37.3. The maximum atomic E-state index is 6.77. The molecule has 0 aliphatic heterocycles. The predicted molar refractivity (Wildman–Crippen MR) is 285 cm³/mol. The van der Waals surface area contributed by atoms with Crippen LogP contribution in [0.1, 0.15) is 22.3 Å². The SMILES string of the molecule is c1ccc2c(c1)-c1ccccc1C21c2ccccc2-c2cccc(-c3ccc4oc5cccc(-c6nc(-c7cccc8oc9ccccc9c78)nc(-c7cccc8sc9ccccc9c78)n6)c5c4c3)c21. The Balaban J connectivity index is 0.955. The minimum Gasteiger partial charge on any atom is -0.456 e. The molecule has 0 bridgehead atoms. The van der Waals surface area contributed by atoms with Crippen molar-refractivity contribution in [2.24, 2.45) is 0 Å². The zero-order valence-corrected chi connectivity index (χ0v) is 38.1. The van der Waals surface area contributed by atoms with Gasteiger partial charge in [0.05, 0.1) is 5.41 Å². The highest BCUT2D eigenvalue weighted by Gasteiger charge is 2.52. The van der Waals surface area contributed by atoms with Gasteiger partial charge >= 0.3 is 0 Å². The number of thiophene rings is 1. The van der Waals surface area contributed by atoms with Crippen molar-refractivity contribution in [3.8, 4) is 67.5 Å². The molecule has 2 aliphatic rings. The van der Waals surface area contributed by atoms with Crippen LogP contribution in [-0.2, 0) is 5.41 Å². The molecule has 0 saturated heterocycles. The summed E-state index contributed by atoms with van der Waals surface area (Å²) in [6.07, 6.45) is 0. The van der Waals surface area contributed by atoms with E-state index in [0.717, 1.165) is 71.5 Å². The number of nitrogens with zero attached hydrogens (tertiary/aromatic N) is 3. The van der Waals surface area contributed by atoms with Gasteiger partial charge in [0.1, 0.15) is 22.3 Å². The Bertz CT molecular complexity index is 4380. The summed E-state index contributed by atoms with van der Waals surface area (Å²) in [5, 5.41) is 6.25. The third-order valence-corrected chi connectivity index (χ3v) is 16.1. The van der Waals surface area contributed by atoms with Crippen LogP contribution in [0.5, 0.6) is 0 Å². The zero-order chi connectivity index (χ0) is 45.7. The van der Waals surface area contributed by atoms with Gasteiger partial charge in [-0.25, -0.2) is 15.0 Å². The summed E-state index contributed by atoms with van der Waals surface area (Å²) in [5.41, 5.74) is 18.0. The Morgan fingerprint density at radius 2 is 0.757 bits per heavy atom. The van der Waals surface area contributed by atoms with E-state index in [1.807, 2.05) is 36.4 Å². The molecule has 0 atom stereocenters. The first-order chi connectivity index (χ1) is 34.7. The Morgan fingerprint density at radius 3 is 1.43 bits per heavy atom. The summed E-state index contributed by atoms with van der Waals surface area (Å²) >= 11 is 1.79. The second kappa shape index (κ2) is 14.0. The van der Waals surface area contributed by atoms with Gasteiger partial charge < -0.3 is 8.83 Å². The molecule has 0 N–H and O–H groups in total. The topological polar surface area (TPSA) is 65.0 Å². The van der Waals surface area contributed by atoms with Crippen LogP contribution in [0.3, 0.4) is 0 Å². The number of hydrogen-bond acceptors (Lipinski definition) is 6. The van der Waals surface area contributed by atoms with Crippen LogP contribution in [0.4, 0.5) is 0 Å². The first kappa shape index (κ1) is 38.0. The lowest BCUT2D eigenvalue weighted by Gasteiger charge is -2.32. The van der Waals surface area contributed by atoms with Crippen molar-refractivity contribution in [1.82, 2.24) is 15.0 Å². The second-order valence-corrected chi connectivity index (χ2v) is 19.6. The highest BCUT2D eigenvalue weighted by atomic mass is 32.1. The van der Waals surface area contributed by atoms with Gasteiger partial charge in [0, 0.05) is 58.4 Å². The number of aromatic nitrogens is 3. The molecule has 324 valence electrons. The largest absolute Gasteiger partial charge is 0.456 e. The van der Waals surface area contributed by atoms with E-state index in [1.54, 1.807) is 11.3 Å². The smallest absolute Gasteiger partial charge is 0.164 e. The second-order valence-electron chi connectivity index (χ2n) is 18.5. The molecule has 0 amide bonds. The fourth-order valence-electron chi connectivity index (χ4n) is 12.2. The van der Waals surface area contributed by atoms with Gasteiger partial charge in [0.25, 0.3) is 0 Å². The molecule has 0 unspecified atom stereocenters. The number of rotatable bonds is 4. The maximum absolute atomic E-state index is 6.77. The Morgan fingerprint density at radius 1 is 0.314 bits per heavy atom. The number of benzene rings is 10. The van der Waals surface area contributed by atoms with Crippen LogP contribution in [0, 0.1) is 0 Å². The summed E-state index contributed by atoms with van der Waals surface area (Å²) in [6, 6.07) is 76.0. The van der Waals surface area contributed by atoms with Crippen LogP contribution in [0.25, 0.3) is 132 Å². The average Bonchev–Trinajstić information content (AvgIpc) is 4.24. The Labute approximate surface area is 404 Å². The number of furan rings is 2. The van der Waals surface area contributed by atoms with Crippen LogP contribution in [0.2, 0.25) is 0 Å². The van der Waals surface area contributed by atoms with Gasteiger partial charge in [-0.2, -0.15) is 0 Å². The van der Waals surface area contributed by atoms with Crippen molar-refractivity contribution < 1.29 is 8.83 Å². The number of para-hydroxylation sites is 1. The van der Waals surface area contributed by atoms with Crippen molar-refractivity contribution in [3.05, 3.63) is 235 Å². The quantitative estimate of drug-likeness (QED) is 0.176. The Hall–Kier alpha value is -8.97. The summed E-state index contributed by atoms with van der Waals surface area (Å²) in [4.78, 5) is 16.3. The predicted octanol–water partition coefficient (Wildman–Crippen LogP) is 17.0. The lowest BCUT2D eigenvalue weighted by atomic mass is 9.68. The standard InChI is InChI=1S/C64H35N3O2S/c1-6-25-48-38(15-1)39-16-2-7-26-49(39)64(48)50-27-8-3-17-40(50)41-21-11-20-37(60(41)64)36-33-34-52-47(35-36)58-45(23-13-30-54(58)69-52)62-65-61(44-22-12-29-53-57(44)42-18-4-9-28-51(42)68-53)66-63(67-62)46-24-14-32-56-59(46)43-19-5-10-31-55(43)70-56/h1-35H. The summed E-state index contributed by atoms with van der Waals surface area (Å²) in [5.74, 6) is 1.74. The van der Waals surface area contributed by atoms with Gasteiger partial charge in [0.15, 0.2) is 17.5 Å². The van der Waals surface area contributed by atoms with E-state index in [-0.39, 0.29) is 0 Å². The summed E-state index contributed by atoms with van der Waals surface area (Å²) in [6.45, 7) is 0. The van der Waals surface area contributed by atoms with Crippen LogP contribution in [-0.4, -0.2) is 15.0 Å². The molecule has 14 aromatic rings. The molecule has 4 aromatic heterocycles. The molecular weight excluding hydrogens is 875 g/mol. The molecule has 0 radical (unpaired) electrons. The molecule has 6 heteroatoms. The van der Waals surface area contributed by atoms with Gasteiger partial charge in [-0.3, -0.25) is 0 Å². The van der Waals surface area contributed by atoms with Crippen LogP contribution in [0.15, 0.2) is 221 Å². The van der Waals surface area contributed by atoms with E-state index < -0.39 is 5.41 Å². The van der Waals surface area contributed by atoms with Crippen LogP contribution < -0.4 is 0 Å². The molecule has 16 rings (SSSR count). The fourth-order valence-corrected chi connectivity index (χ4v) is 13.4. The van der Waals surface area contributed by atoms with Gasteiger partial charge in [-0.15, -0.1) is 11.3 Å². The van der Waals surface area contributed by atoms with Gasteiger partial charge in [-0.1, -0.05) is 170 Å². The molecule has 2 aliphatic carbocycles. The van der Waals surface area contributed by atoms with Crippen molar-refractivity contribution in [3.63, 3.8) is 0 Å². The molecule has 5 nitrogen and oxygen atoms in total. The fraction of sp³-hybridized carbons (Fsp3) is 0.0156. The van der Waals surface area contributed by atoms with Crippen molar-refractivity contribution in [2.75, 3.05) is 0 Å². The Kier molecular flexibility index (Phi) is 7.63. The van der Waals surface area contributed by atoms with E-state index in [0.29, 0.717) is 17.5 Å². The number of hydrogen-bond donors (Lipinski definition) is 0. The third kappa shape index (κ3) is 5.02. The highest BCUT2D eigenvalue weighted by molar-refractivity contribution is 7.25. The van der Waals surface area contributed by atoms with Crippen molar-refractivity contribution in [1.29, 1.82) is 0 Å². The monoisotopic (exact) mass is 909 g/mol. The van der Waals surface area contributed by atoms with Gasteiger partial charge in [-0.05, 0) is 98.1 Å².